The first-order chi connectivity index (χ1) is 18.8. The molecule has 0 spiro atoms. The number of aryl methyl sites for hydroxylation is 1. The number of nitrogens with one attached hydrogen (secondary N) is 1. The van der Waals surface area contributed by atoms with Gasteiger partial charge in [0, 0.05) is 18.9 Å². The molecule has 0 fully saturated rings. The number of nitrogens with zero attached hydrogens (tertiary/aromatic N) is 1. The van der Waals surface area contributed by atoms with E-state index in [1.54, 1.807) is 32.4 Å². The number of guanidine groups is 1. The Morgan fingerprint density at radius 2 is 1.46 bits per heavy atom. The molecule has 9 heteroatoms. The highest BCUT2D eigenvalue weighted by Gasteiger charge is 2.20. The second-order valence-electron chi connectivity index (χ2n) is 8.82. The van der Waals surface area contributed by atoms with E-state index in [1.807, 2.05) is 48.5 Å². The first-order valence-electron chi connectivity index (χ1n) is 12.5. The van der Waals surface area contributed by atoms with Gasteiger partial charge in [-0.15, -0.1) is 0 Å². The van der Waals surface area contributed by atoms with Gasteiger partial charge in [-0.05, 0) is 47.4 Å². The number of methoxy groups -OCH3 is 4. The number of aliphatic imine (C=N–C) groups is 1. The van der Waals surface area contributed by atoms with E-state index in [0.717, 1.165) is 11.1 Å². The zero-order chi connectivity index (χ0) is 28.2. The van der Waals surface area contributed by atoms with Gasteiger partial charge in [0.1, 0.15) is 17.5 Å². The third-order valence-corrected chi connectivity index (χ3v) is 6.09. The second-order valence-corrected chi connectivity index (χ2v) is 8.82. The third kappa shape index (κ3) is 8.77. The summed E-state index contributed by atoms with van der Waals surface area (Å²) in [6.07, 6.45) is 1.11. The molecule has 3 rings (SSSR count). The fourth-order valence-electron chi connectivity index (χ4n) is 4.08. The van der Waals surface area contributed by atoms with E-state index >= 15 is 0 Å². The number of rotatable bonds is 13. The van der Waals surface area contributed by atoms with Crippen LogP contribution in [-0.2, 0) is 28.9 Å². The number of amides is 1. The summed E-state index contributed by atoms with van der Waals surface area (Å²) in [6, 6.07) is 19.6. The summed E-state index contributed by atoms with van der Waals surface area (Å²) in [5, 5.41) is 2.60. The molecular weight excluding hydrogens is 498 g/mol. The highest BCUT2D eigenvalue weighted by Crippen LogP contribution is 2.28. The molecule has 0 saturated heterocycles. The molecule has 39 heavy (non-hydrogen) atoms. The lowest BCUT2D eigenvalue weighted by molar-refractivity contribution is -0.121. The van der Waals surface area contributed by atoms with Crippen LogP contribution >= 0.6 is 0 Å². The second kappa shape index (κ2) is 14.4. The molecule has 0 unspecified atom stereocenters. The maximum absolute atomic E-state index is 13.3. The highest BCUT2D eigenvalue weighted by molar-refractivity contribution is 5.98. The van der Waals surface area contributed by atoms with Crippen molar-refractivity contribution < 1.29 is 28.5 Å². The Morgan fingerprint density at radius 1 is 0.795 bits per heavy atom. The van der Waals surface area contributed by atoms with E-state index in [1.165, 1.54) is 14.2 Å². The lowest BCUT2D eigenvalue weighted by Gasteiger charge is -2.15. The first kappa shape index (κ1) is 29.0. The lowest BCUT2D eigenvalue weighted by Crippen LogP contribution is -2.40. The average Bonchev–Trinajstić information content (AvgIpc) is 2.95. The number of carbonyl (C=O) groups excluding carboxylic acids is 2. The number of hydrogen-bond acceptors (Lipinski definition) is 7. The summed E-state index contributed by atoms with van der Waals surface area (Å²) < 4.78 is 21.2. The minimum Gasteiger partial charge on any atom is -0.497 e. The molecule has 0 aliphatic rings. The summed E-state index contributed by atoms with van der Waals surface area (Å²) >= 11 is 0. The molecule has 1 amide bonds. The van der Waals surface area contributed by atoms with Crippen LogP contribution in [0.2, 0.25) is 0 Å². The van der Waals surface area contributed by atoms with Gasteiger partial charge in [-0.3, -0.25) is 14.9 Å². The maximum Gasteiger partial charge on any atom is 0.231 e. The van der Waals surface area contributed by atoms with Gasteiger partial charge in [0.25, 0.3) is 0 Å². The minimum atomic E-state index is -0.759. The summed E-state index contributed by atoms with van der Waals surface area (Å²) in [6.45, 7) is 0. The third-order valence-electron chi connectivity index (χ3n) is 6.09. The molecule has 0 aliphatic carbocycles. The van der Waals surface area contributed by atoms with Crippen molar-refractivity contribution in [2.75, 3.05) is 28.4 Å². The highest BCUT2D eigenvalue weighted by atomic mass is 16.5. The Hall–Kier alpha value is -4.53. The normalized spacial score (nSPS) is 11.8. The predicted molar refractivity (Wildman–Crippen MR) is 150 cm³/mol. The van der Waals surface area contributed by atoms with Crippen LogP contribution in [0.25, 0.3) is 0 Å². The van der Waals surface area contributed by atoms with Crippen LogP contribution < -0.4 is 30.0 Å². The standard InChI is InChI=1S/C30H35N3O6/c1-36-23-14-22(15-24(19-23)37-2)18-29(35)33-30(31)32-25(16-20-8-6-5-7-9-20)26(34)12-10-21-11-13-27(38-3)28(17-21)39-4/h5-9,11,13-15,17,19,25H,10,12,16,18H2,1-4H3,(H3,31,32,33,35)/t25-/m1/s1. The Labute approximate surface area is 228 Å². The van der Waals surface area contributed by atoms with Crippen molar-refractivity contribution in [3.63, 3.8) is 0 Å². The smallest absolute Gasteiger partial charge is 0.231 e. The van der Waals surface area contributed by atoms with E-state index < -0.39 is 6.04 Å². The number of ketones is 1. The van der Waals surface area contributed by atoms with Crippen molar-refractivity contribution in [1.29, 1.82) is 0 Å². The van der Waals surface area contributed by atoms with Crippen molar-refractivity contribution in [2.45, 2.75) is 31.7 Å². The number of carbonyl (C=O) groups is 2. The van der Waals surface area contributed by atoms with Gasteiger partial charge in [0.15, 0.2) is 23.2 Å². The molecule has 1 atom stereocenters. The van der Waals surface area contributed by atoms with Crippen LogP contribution in [0.15, 0.2) is 71.7 Å². The van der Waals surface area contributed by atoms with Gasteiger partial charge in [-0.25, -0.2) is 4.99 Å². The zero-order valence-corrected chi connectivity index (χ0v) is 22.7. The molecular formula is C30H35N3O6. The van der Waals surface area contributed by atoms with Crippen molar-refractivity contribution in [3.8, 4) is 23.0 Å². The fraction of sp³-hybridized carbons (Fsp3) is 0.300. The van der Waals surface area contributed by atoms with Crippen LogP contribution in [0.4, 0.5) is 0 Å². The van der Waals surface area contributed by atoms with Crippen LogP contribution in [-0.4, -0.2) is 52.1 Å². The van der Waals surface area contributed by atoms with Crippen molar-refractivity contribution >= 4 is 17.6 Å². The van der Waals surface area contributed by atoms with Crippen molar-refractivity contribution in [2.24, 2.45) is 10.7 Å². The molecule has 0 radical (unpaired) electrons. The summed E-state index contributed by atoms with van der Waals surface area (Å²) in [7, 11) is 6.22. The number of Topliss-reactive ketones (excluding diaryl/α,β-unsaturated/α-hetero) is 1. The van der Waals surface area contributed by atoms with Crippen molar-refractivity contribution in [3.05, 3.63) is 83.4 Å². The molecule has 3 N–H and O–H groups in total. The van der Waals surface area contributed by atoms with Gasteiger partial charge >= 0.3 is 0 Å². The van der Waals surface area contributed by atoms with Gasteiger partial charge < -0.3 is 24.7 Å². The Morgan fingerprint density at radius 3 is 2.08 bits per heavy atom. The van der Waals surface area contributed by atoms with Gasteiger partial charge in [0.05, 0.1) is 34.9 Å². The Bertz CT molecular complexity index is 1270. The van der Waals surface area contributed by atoms with Crippen LogP contribution in [0.1, 0.15) is 23.1 Å². The summed E-state index contributed by atoms with van der Waals surface area (Å²) in [5.41, 5.74) is 8.65. The summed E-state index contributed by atoms with van der Waals surface area (Å²) in [5.74, 6) is 1.78. The van der Waals surface area contributed by atoms with Gasteiger partial charge in [-0.2, -0.15) is 0 Å². The van der Waals surface area contributed by atoms with E-state index in [0.29, 0.717) is 41.4 Å². The topological polar surface area (TPSA) is 121 Å². The largest absolute Gasteiger partial charge is 0.497 e. The van der Waals surface area contributed by atoms with Gasteiger partial charge in [0.2, 0.25) is 5.91 Å². The van der Waals surface area contributed by atoms with Crippen LogP contribution in [0.5, 0.6) is 23.0 Å². The van der Waals surface area contributed by atoms with E-state index in [4.69, 9.17) is 24.7 Å². The average molecular weight is 534 g/mol. The quantitative estimate of drug-likeness (QED) is 0.255. The number of nitrogens with two attached hydrogens (primary N) is 1. The van der Waals surface area contributed by atoms with E-state index in [9.17, 15) is 9.59 Å². The van der Waals surface area contributed by atoms with E-state index in [-0.39, 0.29) is 30.5 Å². The first-order valence-corrected chi connectivity index (χ1v) is 12.5. The maximum atomic E-state index is 13.3. The Balaban J connectivity index is 1.72. The molecule has 0 heterocycles. The van der Waals surface area contributed by atoms with Gasteiger partial charge in [-0.1, -0.05) is 36.4 Å². The molecule has 206 valence electrons. The molecule has 0 saturated carbocycles. The molecule has 0 aromatic heterocycles. The zero-order valence-electron chi connectivity index (χ0n) is 22.7. The molecule has 0 bridgehead atoms. The van der Waals surface area contributed by atoms with E-state index in [2.05, 4.69) is 10.3 Å². The molecule has 3 aromatic rings. The molecule has 3 aromatic carbocycles. The number of ether oxygens (including phenoxy) is 4. The predicted octanol–water partition coefficient (Wildman–Crippen LogP) is 3.51. The van der Waals surface area contributed by atoms with Crippen molar-refractivity contribution in [1.82, 2.24) is 5.32 Å². The van der Waals surface area contributed by atoms with Crippen LogP contribution in [0, 0.1) is 0 Å². The molecule has 0 aliphatic heterocycles. The molecule has 9 nitrogen and oxygen atoms in total. The number of benzene rings is 3. The number of hydrogen-bond donors (Lipinski definition) is 2. The minimum absolute atomic E-state index is 0.0282. The van der Waals surface area contributed by atoms with Crippen LogP contribution in [0.3, 0.4) is 0 Å². The lowest BCUT2D eigenvalue weighted by atomic mass is 9.98. The SMILES string of the molecule is COc1cc(CC(=O)NC(N)=N[C@H](Cc2ccccc2)C(=O)CCc2ccc(OC)c(OC)c2)cc(OC)c1. The summed E-state index contributed by atoms with van der Waals surface area (Å²) in [4.78, 5) is 30.4. The fourth-order valence-corrected chi connectivity index (χ4v) is 4.08. The Kier molecular flexibility index (Phi) is 10.7. The monoisotopic (exact) mass is 533 g/mol.